The summed E-state index contributed by atoms with van der Waals surface area (Å²) in [6.45, 7) is 1.52. The number of carbonyl (C=O) groups is 1. The Labute approximate surface area is 247 Å². The molecule has 0 atom stereocenters. The fourth-order valence-corrected chi connectivity index (χ4v) is 5.33. The zero-order valence-electron chi connectivity index (χ0n) is 22.6. The Bertz CT molecular complexity index is 1780. The molecule has 6 rings (SSSR count). The summed E-state index contributed by atoms with van der Waals surface area (Å²) in [6, 6.07) is 28.0. The van der Waals surface area contributed by atoms with E-state index in [0.717, 1.165) is 49.0 Å². The number of nitrogens with zero attached hydrogens (tertiary/aromatic N) is 3. The Morgan fingerprint density at radius 3 is 2.33 bits per heavy atom. The molecule has 1 aliphatic heterocycles. The van der Waals surface area contributed by atoms with Crippen LogP contribution in [-0.4, -0.2) is 34.0 Å². The van der Waals surface area contributed by atoms with Crippen LogP contribution in [-0.2, 0) is 0 Å². The number of hydrogen-bond acceptors (Lipinski definition) is 7. The summed E-state index contributed by atoms with van der Waals surface area (Å²) < 4.78 is 5.97. The van der Waals surface area contributed by atoms with Gasteiger partial charge in [0.05, 0.1) is 4.92 Å². The van der Waals surface area contributed by atoms with E-state index in [0.29, 0.717) is 28.4 Å². The molecule has 4 aromatic carbocycles. The Hall–Kier alpha value is -5.09. The SMILES string of the molecule is O=C(NC(=S)Nc1ccc2oc(-c3ccc(-c4ccccc4)cc3)nc2c1)c1ccc(N2CCCCC2)c([N+](=O)[O-])c1. The smallest absolute Gasteiger partial charge is 0.293 e. The number of anilines is 2. The predicted octanol–water partition coefficient (Wildman–Crippen LogP) is 7.19. The number of aromatic nitrogens is 1. The second-order valence-corrected chi connectivity index (χ2v) is 10.5. The quantitative estimate of drug-likeness (QED) is 0.124. The van der Waals surface area contributed by atoms with Crippen LogP contribution < -0.4 is 15.5 Å². The first-order valence-corrected chi connectivity index (χ1v) is 14.1. The third-order valence-electron chi connectivity index (χ3n) is 7.24. The molecule has 1 aromatic heterocycles. The normalized spacial score (nSPS) is 13.1. The number of thiocarbonyl (C=S) groups is 1. The number of hydrogen-bond donors (Lipinski definition) is 2. The molecule has 1 fully saturated rings. The van der Waals surface area contributed by atoms with E-state index in [9.17, 15) is 14.9 Å². The van der Waals surface area contributed by atoms with Crippen molar-refractivity contribution in [1.29, 1.82) is 0 Å². The molecule has 1 amide bonds. The van der Waals surface area contributed by atoms with Crippen molar-refractivity contribution < 1.29 is 14.1 Å². The minimum Gasteiger partial charge on any atom is -0.436 e. The molecule has 9 nitrogen and oxygen atoms in total. The van der Waals surface area contributed by atoms with Gasteiger partial charge in [-0.05, 0) is 85.1 Å². The zero-order valence-corrected chi connectivity index (χ0v) is 23.4. The minimum atomic E-state index is -0.537. The van der Waals surface area contributed by atoms with E-state index < -0.39 is 10.8 Å². The van der Waals surface area contributed by atoms with Crippen molar-refractivity contribution in [2.45, 2.75) is 19.3 Å². The average molecular weight is 578 g/mol. The number of amides is 1. The van der Waals surface area contributed by atoms with E-state index >= 15 is 0 Å². The maximum absolute atomic E-state index is 12.9. The topological polar surface area (TPSA) is 114 Å². The van der Waals surface area contributed by atoms with E-state index in [1.54, 1.807) is 30.3 Å². The van der Waals surface area contributed by atoms with Gasteiger partial charge in [-0.25, -0.2) is 4.98 Å². The molecule has 1 saturated heterocycles. The molecule has 5 aromatic rings. The Kier molecular flexibility index (Phi) is 7.61. The van der Waals surface area contributed by atoms with Crippen LogP contribution in [0.3, 0.4) is 0 Å². The first kappa shape index (κ1) is 27.1. The summed E-state index contributed by atoms with van der Waals surface area (Å²) in [4.78, 5) is 30.8. The number of nitro groups is 1. The second kappa shape index (κ2) is 11.8. The van der Waals surface area contributed by atoms with Crippen molar-refractivity contribution in [3.8, 4) is 22.6 Å². The molecule has 42 heavy (non-hydrogen) atoms. The lowest BCUT2D eigenvalue weighted by molar-refractivity contribution is -0.384. The van der Waals surface area contributed by atoms with Crippen LogP contribution in [0.2, 0.25) is 0 Å². The van der Waals surface area contributed by atoms with E-state index in [4.69, 9.17) is 16.6 Å². The van der Waals surface area contributed by atoms with Crippen molar-refractivity contribution in [3.05, 3.63) is 107 Å². The lowest BCUT2D eigenvalue weighted by Gasteiger charge is -2.28. The molecule has 2 heterocycles. The molecule has 0 bridgehead atoms. The molecule has 0 spiro atoms. The molecule has 10 heteroatoms. The summed E-state index contributed by atoms with van der Waals surface area (Å²) in [5, 5.41) is 17.4. The highest BCUT2D eigenvalue weighted by Gasteiger charge is 2.23. The summed E-state index contributed by atoms with van der Waals surface area (Å²) in [5.41, 5.74) is 5.52. The van der Waals surface area contributed by atoms with Crippen molar-refractivity contribution in [2.75, 3.05) is 23.3 Å². The van der Waals surface area contributed by atoms with Gasteiger partial charge < -0.3 is 14.6 Å². The standard InChI is InChI=1S/C32H27N5O4S/c38-30(24-13-15-27(28(19-24)37(39)40)36-17-5-2-6-18-36)35-32(42)33-25-14-16-29-26(20-25)34-31(41-29)23-11-9-22(10-12-23)21-7-3-1-4-8-21/h1,3-4,7-16,19-20H,2,5-6,17-18H2,(H2,33,35,38,42). The zero-order chi connectivity index (χ0) is 29.1. The fourth-order valence-electron chi connectivity index (χ4n) is 5.12. The number of rotatable bonds is 6. The molecule has 210 valence electrons. The number of nitro benzene ring substituents is 1. The van der Waals surface area contributed by atoms with Gasteiger partial charge in [0, 0.05) is 36.0 Å². The second-order valence-electron chi connectivity index (χ2n) is 10.1. The van der Waals surface area contributed by atoms with E-state index in [1.807, 2.05) is 47.4 Å². The molecule has 0 saturated carbocycles. The van der Waals surface area contributed by atoms with Crippen LogP contribution in [0, 0.1) is 10.1 Å². The van der Waals surface area contributed by atoms with Crippen molar-refractivity contribution in [2.24, 2.45) is 0 Å². The predicted molar refractivity (Wildman–Crippen MR) is 168 cm³/mol. The van der Waals surface area contributed by atoms with E-state index in [1.165, 1.54) is 6.07 Å². The fraction of sp³-hybridized carbons (Fsp3) is 0.156. The van der Waals surface area contributed by atoms with Gasteiger partial charge in [0.1, 0.15) is 11.2 Å². The van der Waals surface area contributed by atoms with Gasteiger partial charge in [-0.15, -0.1) is 0 Å². The van der Waals surface area contributed by atoms with Gasteiger partial charge in [-0.2, -0.15) is 0 Å². The van der Waals surface area contributed by atoms with Crippen LogP contribution in [0.4, 0.5) is 17.1 Å². The molecular weight excluding hydrogens is 550 g/mol. The first-order chi connectivity index (χ1) is 20.4. The van der Waals surface area contributed by atoms with Crippen molar-refractivity contribution in [3.63, 3.8) is 0 Å². The Morgan fingerprint density at radius 2 is 1.60 bits per heavy atom. The van der Waals surface area contributed by atoms with Crippen LogP contribution in [0.5, 0.6) is 0 Å². The largest absolute Gasteiger partial charge is 0.436 e. The summed E-state index contributed by atoms with van der Waals surface area (Å²) in [6.07, 6.45) is 3.09. The highest BCUT2D eigenvalue weighted by Crippen LogP contribution is 2.32. The number of oxazole rings is 1. The molecule has 2 N–H and O–H groups in total. The number of carbonyl (C=O) groups excluding carboxylic acids is 1. The molecule has 0 unspecified atom stereocenters. The van der Waals surface area contributed by atoms with Gasteiger partial charge in [-0.3, -0.25) is 20.2 Å². The molecule has 1 aliphatic rings. The van der Waals surface area contributed by atoms with Gasteiger partial charge >= 0.3 is 0 Å². The summed E-state index contributed by atoms with van der Waals surface area (Å²) >= 11 is 5.35. The molecule has 0 aliphatic carbocycles. The summed E-state index contributed by atoms with van der Waals surface area (Å²) in [7, 11) is 0. The van der Waals surface area contributed by atoms with Crippen LogP contribution in [0.25, 0.3) is 33.7 Å². The Morgan fingerprint density at radius 1 is 0.881 bits per heavy atom. The highest BCUT2D eigenvalue weighted by molar-refractivity contribution is 7.80. The average Bonchev–Trinajstić information content (AvgIpc) is 3.45. The number of benzene rings is 4. The van der Waals surface area contributed by atoms with Gasteiger partial charge in [-0.1, -0.05) is 42.5 Å². The Balaban J connectivity index is 1.13. The van der Waals surface area contributed by atoms with E-state index in [-0.39, 0.29) is 16.4 Å². The number of fused-ring (bicyclic) bond motifs is 1. The van der Waals surface area contributed by atoms with Gasteiger partial charge in [0.2, 0.25) is 5.89 Å². The van der Waals surface area contributed by atoms with Crippen LogP contribution in [0.1, 0.15) is 29.6 Å². The third-order valence-corrected chi connectivity index (χ3v) is 7.45. The van der Waals surface area contributed by atoms with Crippen LogP contribution in [0.15, 0.2) is 95.4 Å². The van der Waals surface area contributed by atoms with Crippen molar-refractivity contribution >= 4 is 51.4 Å². The minimum absolute atomic E-state index is 0.0577. The first-order valence-electron chi connectivity index (χ1n) is 13.7. The van der Waals surface area contributed by atoms with Gasteiger partial charge in [0.15, 0.2) is 10.7 Å². The van der Waals surface area contributed by atoms with Crippen LogP contribution >= 0.6 is 12.2 Å². The highest BCUT2D eigenvalue weighted by atomic mass is 32.1. The number of piperidine rings is 1. The third kappa shape index (κ3) is 5.84. The lowest BCUT2D eigenvalue weighted by atomic mass is 10.0. The van der Waals surface area contributed by atoms with E-state index in [2.05, 4.69) is 27.8 Å². The monoisotopic (exact) mass is 577 g/mol. The van der Waals surface area contributed by atoms with Crippen molar-refractivity contribution in [1.82, 2.24) is 10.3 Å². The summed E-state index contributed by atoms with van der Waals surface area (Å²) in [5.74, 6) is -0.0446. The maximum atomic E-state index is 12.9. The molecular formula is C32H27N5O4S. The maximum Gasteiger partial charge on any atom is 0.293 e. The molecule has 0 radical (unpaired) electrons. The number of nitrogens with one attached hydrogen (secondary N) is 2. The lowest BCUT2D eigenvalue weighted by Crippen LogP contribution is -2.34. The van der Waals surface area contributed by atoms with Gasteiger partial charge in [0.25, 0.3) is 11.6 Å².